The lowest BCUT2D eigenvalue weighted by Gasteiger charge is -2.16. The Kier molecular flexibility index (Phi) is 3.85. The number of benzene rings is 1. The van der Waals surface area contributed by atoms with Gasteiger partial charge in [0.2, 0.25) is 0 Å². The zero-order chi connectivity index (χ0) is 16.5. The van der Waals surface area contributed by atoms with Gasteiger partial charge >= 0.3 is 0 Å². The zero-order valence-electron chi connectivity index (χ0n) is 12.8. The van der Waals surface area contributed by atoms with Crippen molar-refractivity contribution in [3.8, 4) is 0 Å². The van der Waals surface area contributed by atoms with Gasteiger partial charge in [-0.1, -0.05) is 30.3 Å². The average molecular weight is 327 g/mol. The number of fused-ring (bicyclic) bond motifs is 1. The van der Waals surface area contributed by atoms with E-state index in [1.165, 1.54) is 6.33 Å². The lowest BCUT2D eigenvalue weighted by atomic mass is 10.2. The number of rotatable bonds is 4. The number of hydrogen-bond donors (Lipinski definition) is 3. The van der Waals surface area contributed by atoms with Crippen molar-refractivity contribution in [2.24, 2.45) is 0 Å². The van der Waals surface area contributed by atoms with Crippen molar-refractivity contribution >= 4 is 17.0 Å². The third-order valence-electron chi connectivity index (χ3n) is 4.06. The van der Waals surface area contributed by atoms with Crippen LogP contribution in [-0.4, -0.2) is 48.5 Å². The Labute approximate surface area is 137 Å². The molecule has 1 fully saturated rings. The minimum Gasteiger partial charge on any atom is -0.388 e. The van der Waals surface area contributed by atoms with Crippen LogP contribution in [0.5, 0.6) is 0 Å². The molecule has 3 atom stereocenters. The minimum atomic E-state index is -1.02. The SMILES string of the molecule is OC1COC(n2cnc3c(NCc4ccccc4)ncnc32)C1O. The number of aliphatic hydroxyl groups is 2. The number of anilines is 1. The van der Waals surface area contributed by atoms with Crippen molar-refractivity contribution in [1.29, 1.82) is 0 Å². The van der Waals surface area contributed by atoms with Gasteiger partial charge in [0.1, 0.15) is 18.5 Å². The average Bonchev–Trinajstić information content (AvgIpc) is 3.18. The van der Waals surface area contributed by atoms with Crippen molar-refractivity contribution in [3.63, 3.8) is 0 Å². The Balaban J connectivity index is 1.62. The van der Waals surface area contributed by atoms with Gasteiger partial charge in [-0.05, 0) is 5.56 Å². The number of aliphatic hydroxyl groups excluding tert-OH is 2. The highest BCUT2D eigenvalue weighted by Gasteiger charge is 2.36. The molecular formula is C16H17N5O3. The molecule has 1 aliphatic rings. The molecule has 0 bridgehead atoms. The fourth-order valence-electron chi connectivity index (χ4n) is 2.78. The summed E-state index contributed by atoms with van der Waals surface area (Å²) in [6, 6.07) is 9.97. The molecule has 0 spiro atoms. The molecular weight excluding hydrogens is 310 g/mol. The van der Waals surface area contributed by atoms with Gasteiger partial charge in [0.15, 0.2) is 23.2 Å². The van der Waals surface area contributed by atoms with Crippen LogP contribution in [0.4, 0.5) is 5.82 Å². The van der Waals surface area contributed by atoms with Crippen molar-refractivity contribution in [3.05, 3.63) is 48.5 Å². The summed E-state index contributed by atoms with van der Waals surface area (Å²) in [4.78, 5) is 12.8. The predicted molar refractivity (Wildman–Crippen MR) is 86.1 cm³/mol. The maximum absolute atomic E-state index is 10.0. The second-order valence-electron chi connectivity index (χ2n) is 5.67. The van der Waals surface area contributed by atoms with Crippen molar-refractivity contribution in [2.75, 3.05) is 11.9 Å². The van der Waals surface area contributed by atoms with Gasteiger partial charge in [-0.25, -0.2) is 15.0 Å². The normalized spacial score (nSPS) is 23.7. The fraction of sp³-hybridized carbons (Fsp3) is 0.312. The molecule has 3 aromatic rings. The van der Waals surface area contributed by atoms with E-state index in [2.05, 4.69) is 20.3 Å². The number of ether oxygens (including phenoxy) is 1. The van der Waals surface area contributed by atoms with Crippen LogP contribution in [0.1, 0.15) is 11.8 Å². The summed E-state index contributed by atoms with van der Waals surface area (Å²) in [5, 5.41) is 22.9. The molecule has 0 amide bonds. The molecule has 2 aromatic heterocycles. The van der Waals surface area contributed by atoms with E-state index in [1.54, 1.807) is 10.9 Å². The first kappa shape index (κ1) is 15.0. The van der Waals surface area contributed by atoms with Gasteiger partial charge in [-0.15, -0.1) is 0 Å². The van der Waals surface area contributed by atoms with E-state index in [0.29, 0.717) is 23.5 Å². The first-order valence-corrected chi connectivity index (χ1v) is 7.67. The van der Waals surface area contributed by atoms with E-state index >= 15 is 0 Å². The molecule has 3 heterocycles. The third-order valence-corrected chi connectivity index (χ3v) is 4.06. The predicted octanol–water partition coefficient (Wildman–Crippen LogP) is 0.689. The molecule has 3 N–H and O–H groups in total. The highest BCUT2D eigenvalue weighted by Crippen LogP contribution is 2.28. The Morgan fingerprint density at radius 1 is 1.17 bits per heavy atom. The van der Waals surface area contributed by atoms with Crippen molar-refractivity contribution in [1.82, 2.24) is 19.5 Å². The largest absolute Gasteiger partial charge is 0.388 e. The molecule has 8 nitrogen and oxygen atoms in total. The highest BCUT2D eigenvalue weighted by atomic mass is 16.5. The third kappa shape index (κ3) is 2.60. The molecule has 3 unspecified atom stereocenters. The van der Waals surface area contributed by atoms with Crippen LogP contribution in [0.15, 0.2) is 43.0 Å². The van der Waals surface area contributed by atoms with Crippen molar-refractivity contribution in [2.45, 2.75) is 25.0 Å². The van der Waals surface area contributed by atoms with Gasteiger partial charge in [0.25, 0.3) is 0 Å². The Morgan fingerprint density at radius 3 is 2.75 bits per heavy atom. The Morgan fingerprint density at radius 2 is 2.00 bits per heavy atom. The Bertz CT molecular complexity index is 838. The van der Waals surface area contributed by atoms with Gasteiger partial charge in [-0.2, -0.15) is 0 Å². The van der Waals surface area contributed by atoms with Crippen LogP contribution in [0, 0.1) is 0 Å². The smallest absolute Gasteiger partial charge is 0.167 e. The number of nitrogens with zero attached hydrogens (tertiary/aromatic N) is 4. The van der Waals surface area contributed by atoms with Crippen LogP contribution in [-0.2, 0) is 11.3 Å². The van der Waals surface area contributed by atoms with Gasteiger partial charge in [-0.3, -0.25) is 4.57 Å². The summed E-state index contributed by atoms with van der Waals surface area (Å²) in [5.74, 6) is 0.607. The number of nitrogens with one attached hydrogen (secondary N) is 1. The van der Waals surface area contributed by atoms with Crippen LogP contribution < -0.4 is 5.32 Å². The van der Waals surface area contributed by atoms with E-state index in [4.69, 9.17) is 4.74 Å². The summed E-state index contributed by atoms with van der Waals surface area (Å²) in [6.07, 6.45) is 0.342. The van der Waals surface area contributed by atoms with Crippen LogP contribution >= 0.6 is 0 Å². The summed E-state index contributed by atoms with van der Waals surface area (Å²) >= 11 is 0. The Hall–Kier alpha value is -2.55. The van der Waals surface area contributed by atoms with Crippen molar-refractivity contribution < 1.29 is 14.9 Å². The second-order valence-corrected chi connectivity index (χ2v) is 5.67. The molecule has 1 saturated heterocycles. The van der Waals surface area contributed by atoms with E-state index in [0.717, 1.165) is 5.56 Å². The van der Waals surface area contributed by atoms with E-state index in [9.17, 15) is 10.2 Å². The van der Waals surface area contributed by atoms with E-state index in [1.807, 2.05) is 30.3 Å². The molecule has 24 heavy (non-hydrogen) atoms. The molecule has 124 valence electrons. The number of imidazole rings is 1. The highest BCUT2D eigenvalue weighted by molar-refractivity contribution is 5.82. The van der Waals surface area contributed by atoms with Gasteiger partial charge in [0.05, 0.1) is 12.9 Å². The first-order valence-electron chi connectivity index (χ1n) is 7.67. The monoisotopic (exact) mass is 327 g/mol. The summed E-state index contributed by atoms with van der Waals surface area (Å²) in [6.45, 7) is 0.691. The minimum absolute atomic E-state index is 0.0791. The van der Waals surface area contributed by atoms with Crippen LogP contribution in [0.2, 0.25) is 0 Å². The topological polar surface area (TPSA) is 105 Å². The van der Waals surface area contributed by atoms with E-state index in [-0.39, 0.29) is 6.61 Å². The van der Waals surface area contributed by atoms with E-state index < -0.39 is 18.4 Å². The standard InChI is InChI=1S/C16H17N5O3/c22-11-7-24-16(13(11)23)21-9-20-12-14(18-8-19-15(12)21)17-6-10-4-2-1-3-5-10/h1-5,8-9,11,13,16,22-23H,6-7H2,(H,17,18,19). The van der Waals surface area contributed by atoms with Gasteiger partial charge < -0.3 is 20.3 Å². The molecule has 1 aliphatic heterocycles. The lowest BCUT2D eigenvalue weighted by Crippen LogP contribution is -2.28. The molecule has 0 saturated carbocycles. The molecule has 8 heteroatoms. The zero-order valence-corrected chi connectivity index (χ0v) is 12.8. The van der Waals surface area contributed by atoms with Crippen LogP contribution in [0.3, 0.4) is 0 Å². The molecule has 1 aromatic carbocycles. The lowest BCUT2D eigenvalue weighted by molar-refractivity contribution is -0.0162. The van der Waals surface area contributed by atoms with Crippen LogP contribution in [0.25, 0.3) is 11.2 Å². The first-order chi connectivity index (χ1) is 11.7. The molecule has 0 aliphatic carbocycles. The molecule has 0 radical (unpaired) electrons. The summed E-state index contributed by atoms with van der Waals surface area (Å²) < 4.78 is 7.06. The maximum Gasteiger partial charge on any atom is 0.167 e. The molecule has 4 rings (SSSR count). The fourth-order valence-corrected chi connectivity index (χ4v) is 2.78. The number of aromatic nitrogens is 4. The summed E-state index contributed by atoms with van der Waals surface area (Å²) in [5.41, 5.74) is 2.26. The van der Waals surface area contributed by atoms with Gasteiger partial charge in [0, 0.05) is 6.54 Å². The second kappa shape index (κ2) is 6.16. The maximum atomic E-state index is 10.0. The quantitative estimate of drug-likeness (QED) is 0.647. The summed E-state index contributed by atoms with van der Waals surface area (Å²) in [7, 11) is 0. The number of hydrogen-bond acceptors (Lipinski definition) is 7.